The maximum Gasteiger partial charge on any atom is -0.0276 e. The van der Waals surface area contributed by atoms with Crippen LogP contribution in [0, 0.1) is 6.08 Å². The fourth-order valence-corrected chi connectivity index (χ4v) is 2.86. The van der Waals surface area contributed by atoms with E-state index in [1.807, 2.05) is 0 Å². The number of rotatable bonds is 11. The van der Waals surface area contributed by atoms with Crippen LogP contribution in [0.4, 0.5) is 0 Å². The van der Waals surface area contributed by atoms with Crippen molar-refractivity contribution in [2.75, 3.05) is 0 Å². The summed E-state index contributed by atoms with van der Waals surface area (Å²) in [6, 6.07) is 0. The van der Waals surface area contributed by atoms with Gasteiger partial charge in [0.1, 0.15) is 0 Å². The van der Waals surface area contributed by atoms with Gasteiger partial charge in [0.2, 0.25) is 0 Å². The van der Waals surface area contributed by atoms with Crippen LogP contribution in [0.15, 0.2) is 5.57 Å². The third kappa shape index (κ3) is 8.78. The van der Waals surface area contributed by atoms with Crippen molar-refractivity contribution in [3.05, 3.63) is 11.6 Å². The molecule has 0 aromatic heterocycles. The first-order chi connectivity index (χ1) is 8.93. The van der Waals surface area contributed by atoms with Crippen molar-refractivity contribution in [1.29, 1.82) is 0 Å². The minimum atomic E-state index is 1.23. The molecule has 0 fully saturated rings. The summed E-state index contributed by atoms with van der Waals surface area (Å²) in [4.78, 5) is 0. The van der Waals surface area contributed by atoms with E-state index in [4.69, 9.17) is 0 Å². The van der Waals surface area contributed by atoms with Gasteiger partial charge in [0.25, 0.3) is 0 Å². The van der Waals surface area contributed by atoms with E-state index >= 15 is 0 Å². The molecule has 1 radical (unpaired) electrons. The maximum absolute atomic E-state index is 3.57. The molecule has 0 spiro atoms. The van der Waals surface area contributed by atoms with E-state index in [1.54, 1.807) is 5.57 Å². The SMILES string of the molecule is CCCCCCCCCCCCC1=[C]CCCC1. The molecule has 0 aliphatic heterocycles. The van der Waals surface area contributed by atoms with Crippen LogP contribution >= 0.6 is 0 Å². The van der Waals surface area contributed by atoms with E-state index in [2.05, 4.69) is 13.0 Å². The number of allylic oxidation sites excluding steroid dienone is 2. The van der Waals surface area contributed by atoms with E-state index < -0.39 is 0 Å². The molecule has 0 unspecified atom stereocenters. The van der Waals surface area contributed by atoms with E-state index in [0.29, 0.717) is 0 Å². The molecule has 0 nitrogen and oxygen atoms in total. The molecule has 0 atom stereocenters. The first-order valence-electron chi connectivity index (χ1n) is 8.52. The lowest BCUT2D eigenvalue weighted by atomic mass is 9.95. The van der Waals surface area contributed by atoms with Crippen molar-refractivity contribution in [3.63, 3.8) is 0 Å². The van der Waals surface area contributed by atoms with Gasteiger partial charge in [-0.1, -0.05) is 70.3 Å². The van der Waals surface area contributed by atoms with Gasteiger partial charge in [0, 0.05) is 0 Å². The van der Waals surface area contributed by atoms with E-state index in [1.165, 1.54) is 96.3 Å². The Morgan fingerprint density at radius 3 is 1.94 bits per heavy atom. The van der Waals surface area contributed by atoms with Crippen LogP contribution in [0.2, 0.25) is 0 Å². The van der Waals surface area contributed by atoms with Crippen molar-refractivity contribution >= 4 is 0 Å². The molecule has 0 heteroatoms. The predicted octanol–water partition coefficient (Wildman–Crippen LogP) is 6.60. The van der Waals surface area contributed by atoms with Crippen LogP contribution < -0.4 is 0 Å². The summed E-state index contributed by atoms with van der Waals surface area (Å²) < 4.78 is 0. The van der Waals surface area contributed by atoms with Gasteiger partial charge in [-0.15, -0.1) is 0 Å². The maximum atomic E-state index is 3.57. The molecule has 1 aliphatic rings. The van der Waals surface area contributed by atoms with Crippen molar-refractivity contribution in [2.45, 2.75) is 103 Å². The average Bonchev–Trinajstić information content (AvgIpc) is 2.42. The quantitative estimate of drug-likeness (QED) is 0.362. The zero-order valence-corrected chi connectivity index (χ0v) is 12.6. The standard InChI is InChI=1S/C18H33/c1-2-3-4-5-6-7-8-9-10-12-15-18-16-13-11-14-17-18/h2-16H2,1H3. The van der Waals surface area contributed by atoms with Crippen LogP contribution in [0.5, 0.6) is 0 Å². The minimum absolute atomic E-state index is 1.23. The van der Waals surface area contributed by atoms with E-state index in [9.17, 15) is 0 Å². The lowest BCUT2D eigenvalue weighted by Gasteiger charge is -2.11. The van der Waals surface area contributed by atoms with E-state index in [0.717, 1.165) is 0 Å². The summed E-state index contributed by atoms with van der Waals surface area (Å²) >= 11 is 0. The molecule has 0 bridgehead atoms. The van der Waals surface area contributed by atoms with Crippen molar-refractivity contribution in [3.8, 4) is 0 Å². The third-order valence-corrected chi connectivity index (χ3v) is 4.11. The summed E-state index contributed by atoms with van der Waals surface area (Å²) in [6.45, 7) is 2.29. The molecule has 0 amide bonds. The van der Waals surface area contributed by atoms with Gasteiger partial charge in [0.05, 0.1) is 0 Å². The summed E-state index contributed by atoms with van der Waals surface area (Å²) in [5.74, 6) is 0. The molecule has 0 saturated heterocycles. The molecule has 0 N–H and O–H groups in total. The molecule has 105 valence electrons. The third-order valence-electron chi connectivity index (χ3n) is 4.11. The van der Waals surface area contributed by atoms with Crippen molar-refractivity contribution in [1.82, 2.24) is 0 Å². The van der Waals surface area contributed by atoms with Crippen LogP contribution in [-0.2, 0) is 0 Å². The number of hydrogen-bond acceptors (Lipinski definition) is 0. The molecular weight excluding hydrogens is 216 g/mol. The first-order valence-corrected chi connectivity index (χ1v) is 8.52. The monoisotopic (exact) mass is 249 g/mol. The Morgan fingerprint density at radius 2 is 1.39 bits per heavy atom. The smallest absolute Gasteiger partial charge is 0.0276 e. The Balaban J connectivity index is 1.77. The summed E-state index contributed by atoms with van der Waals surface area (Å²) in [5, 5.41) is 0. The summed E-state index contributed by atoms with van der Waals surface area (Å²) in [5.41, 5.74) is 1.64. The minimum Gasteiger partial charge on any atom is -0.0667 e. The highest BCUT2D eigenvalue weighted by Crippen LogP contribution is 2.22. The van der Waals surface area contributed by atoms with Crippen LogP contribution in [0.25, 0.3) is 0 Å². The lowest BCUT2D eigenvalue weighted by molar-refractivity contribution is 0.551. The first kappa shape index (κ1) is 15.8. The van der Waals surface area contributed by atoms with Gasteiger partial charge in [0.15, 0.2) is 0 Å². The largest absolute Gasteiger partial charge is 0.0667 e. The molecule has 0 heterocycles. The van der Waals surface area contributed by atoms with Crippen molar-refractivity contribution < 1.29 is 0 Å². The van der Waals surface area contributed by atoms with Gasteiger partial charge in [-0.25, -0.2) is 0 Å². The second-order valence-electron chi connectivity index (χ2n) is 5.92. The second-order valence-corrected chi connectivity index (χ2v) is 5.92. The number of hydrogen-bond donors (Lipinski definition) is 0. The highest BCUT2D eigenvalue weighted by atomic mass is 14.1. The van der Waals surface area contributed by atoms with Gasteiger partial charge in [-0.2, -0.15) is 0 Å². The Labute approximate surface area is 115 Å². The molecular formula is C18H33. The Hall–Kier alpha value is -0.260. The fourth-order valence-electron chi connectivity index (χ4n) is 2.86. The second kappa shape index (κ2) is 11.8. The van der Waals surface area contributed by atoms with Gasteiger partial charge in [-0.05, 0) is 44.6 Å². The molecule has 0 aromatic carbocycles. The molecule has 18 heavy (non-hydrogen) atoms. The van der Waals surface area contributed by atoms with Crippen LogP contribution in [0.3, 0.4) is 0 Å². The number of unbranched alkanes of at least 4 members (excludes halogenated alkanes) is 9. The molecule has 0 saturated carbocycles. The van der Waals surface area contributed by atoms with Crippen LogP contribution in [0.1, 0.15) is 103 Å². The van der Waals surface area contributed by atoms with Crippen molar-refractivity contribution in [2.24, 2.45) is 0 Å². The normalized spacial score (nSPS) is 15.7. The highest BCUT2D eigenvalue weighted by Gasteiger charge is 2.03. The van der Waals surface area contributed by atoms with Gasteiger partial charge < -0.3 is 0 Å². The molecule has 1 rings (SSSR count). The summed E-state index contributed by atoms with van der Waals surface area (Å²) in [7, 11) is 0. The topological polar surface area (TPSA) is 0 Å². The molecule has 0 aromatic rings. The van der Waals surface area contributed by atoms with Gasteiger partial charge in [-0.3, -0.25) is 0 Å². The fraction of sp³-hybridized carbons (Fsp3) is 0.889. The zero-order valence-electron chi connectivity index (χ0n) is 12.6. The highest BCUT2D eigenvalue weighted by molar-refractivity contribution is 4.99. The van der Waals surface area contributed by atoms with Crippen LogP contribution in [-0.4, -0.2) is 0 Å². The zero-order chi connectivity index (χ0) is 12.9. The molecule has 1 aliphatic carbocycles. The van der Waals surface area contributed by atoms with Gasteiger partial charge >= 0.3 is 0 Å². The summed E-state index contributed by atoms with van der Waals surface area (Å²) in [6.07, 6.45) is 24.7. The lowest BCUT2D eigenvalue weighted by Crippen LogP contribution is -1.92. The Kier molecular flexibility index (Phi) is 10.4. The average molecular weight is 249 g/mol. The Bertz CT molecular complexity index is 202. The van der Waals surface area contributed by atoms with E-state index in [-0.39, 0.29) is 0 Å². The predicted molar refractivity (Wildman–Crippen MR) is 81.7 cm³/mol. The Morgan fingerprint density at radius 1 is 0.778 bits per heavy atom.